The average Bonchev–Trinajstić information content (AvgIpc) is 3.09. The van der Waals surface area contributed by atoms with Crippen molar-refractivity contribution in [1.82, 2.24) is 9.78 Å². The van der Waals surface area contributed by atoms with E-state index in [1.165, 1.54) is 10.9 Å². The van der Waals surface area contributed by atoms with Crippen molar-refractivity contribution in [3.05, 3.63) is 70.0 Å². The summed E-state index contributed by atoms with van der Waals surface area (Å²) in [5.74, 6) is -1.94. The first kappa shape index (κ1) is 19.7. The van der Waals surface area contributed by atoms with E-state index in [4.69, 9.17) is 27.9 Å². The third-order valence-electron chi connectivity index (χ3n) is 3.79. The van der Waals surface area contributed by atoms with Gasteiger partial charge in [-0.15, -0.1) is 0 Å². The zero-order valence-corrected chi connectivity index (χ0v) is 16.2. The lowest BCUT2D eigenvalue weighted by atomic mass is 10.2. The molecule has 28 heavy (non-hydrogen) atoms. The van der Waals surface area contributed by atoms with Crippen LogP contribution in [0.25, 0.3) is 5.69 Å². The number of hydrogen-bond donors (Lipinski definition) is 2. The summed E-state index contributed by atoms with van der Waals surface area (Å²) in [5, 5.41) is 17.0. The summed E-state index contributed by atoms with van der Waals surface area (Å²) in [5.41, 5.74) is 1.32. The molecule has 1 heterocycles. The first-order chi connectivity index (χ1) is 13.4. The van der Waals surface area contributed by atoms with E-state index in [0.29, 0.717) is 10.7 Å². The van der Waals surface area contributed by atoms with E-state index in [-0.39, 0.29) is 22.2 Å². The molecule has 0 atom stereocenters. The van der Waals surface area contributed by atoms with E-state index in [9.17, 15) is 14.7 Å². The second-order valence-corrected chi connectivity index (χ2v) is 6.61. The smallest absolute Gasteiger partial charge is 0.363 e. The molecule has 3 rings (SSSR count). The molecule has 0 saturated heterocycles. The number of amides is 1. The van der Waals surface area contributed by atoms with Crippen molar-refractivity contribution in [3.63, 3.8) is 0 Å². The molecule has 0 spiro atoms. The van der Waals surface area contributed by atoms with Crippen molar-refractivity contribution in [2.45, 2.75) is 6.92 Å². The van der Waals surface area contributed by atoms with Gasteiger partial charge in [0, 0.05) is 0 Å². The van der Waals surface area contributed by atoms with Gasteiger partial charge >= 0.3 is 5.97 Å². The second-order valence-electron chi connectivity index (χ2n) is 5.82. The Labute approximate surface area is 170 Å². The Morgan fingerprint density at radius 2 is 1.89 bits per heavy atom. The molecule has 0 bridgehead atoms. The molecule has 0 aliphatic rings. The molecule has 3 aromatic rings. The Morgan fingerprint density at radius 1 is 1.18 bits per heavy atom. The minimum absolute atomic E-state index is 0.237. The van der Waals surface area contributed by atoms with Crippen LogP contribution in [0.5, 0.6) is 5.75 Å². The van der Waals surface area contributed by atoms with Gasteiger partial charge in [0.25, 0.3) is 5.91 Å². The number of aryl methyl sites for hydroxylation is 1. The first-order valence-electron chi connectivity index (χ1n) is 8.12. The van der Waals surface area contributed by atoms with E-state index in [2.05, 4.69) is 10.4 Å². The van der Waals surface area contributed by atoms with Crippen LogP contribution in [0.1, 0.15) is 16.1 Å². The highest BCUT2D eigenvalue weighted by molar-refractivity contribution is 6.40. The highest BCUT2D eigenvalue weighted by Crippen LogP contribution is 2.32. The van der Waals surface area contributed by atoms with Gasteiger partial charge in [0.15, 0.2) is 12.4 Å². The average molecular weight is 420 g/mol. The third-order valence-corrected chi connectivity index (χ3v) is 4.59. The van der Waals surface area contributed by atoms with Crippen molar-refractivity contribution in [3.8, 4) is 11.4 Å². The van der Waals surface area contributed by atoms with E-state index >= 15 is 0 Å². The minimum atomic E-state index is -0.941. The van der Waals surface area contributed by atoms with Gasteiger partial charge in [-0.25, -0.2) is 9.48 Å². The molecule has 0 aliphatic carbocycles. The van der Waals surface area contributed by atoms with Gasteiger partial charge in [0.2, 0.25) is 5.69 Å². The quantitative estimate of drug-likeness (QED) is 0.609. The maximum atomic E-state index is 12.2. The monoisotopic (exact) mass is 419 g/mol. The largest absolute Gasteiger partial charge is 0.504 e. The molecule has 0 saturated carbocycles. The molecule has 0 aliphatic heterocycles. The molecule has 9 heteroatoms. The number of rotatable bonds is 5. The lowest BCUT2D eigenvalue weighted by molar-refractivity contribution is -0.119. The fraction of sp³-hybridized carbons (Fsp3) is 0.105. The summed E-state index contributed by atoms with van der Waals surface area (Å²) in [6.07, 6.45) is 1.28. The molecular weight excluding hydrogens is 405 g/mol. The number of anilines is 1. The van der Waals surface area contributed by atoms with Gasteiger partial charge in [-0.1, -0.05) is 47.5 Å². The standard InChI is InChI=1S/C19H15Cl2N3O4/c1-11-7-8-13(20)17(16(11)21)22-15(26)10-28-19(27)18-14(25)9-24(23-18)12-5-3-2-4-6-12/h2-9,25H,10H2,1H3,(H,22,26). The molecule has 1 aromatic heterocycles. The molecule has 7 nitrogen and oxygen atoms in total. The van der Waals surface area contributed by atoms with Crippen LogP contribution in [0.3, 0.4) is 0 Å². The Morgan fingerprint density at radius 3 is 2.61 bits per heavy atom. The van der Waals surface area contributed by atoms with Gasteiger partial charge in [-0.05, 0) is 30.7 Å². The van der Waals surface area contributed by atoms with Crippen LogP contribution >= 0.6 is 23.2 Å². The van der Waals surface area contributed by atoms with Crippen molar-refractivity contribution >= 4 is 40.8 Å². The lowest BCUT2D eigenvalue weighted by Gasteiger charge is -2.11. The molecule has 0 unspecified atom stereocenters. The van der Waals surface area contributed by atoms with Gasteiger partial charge in [-0.3, -0.25) is 4.79 Å². The number of para-hydroxylation sites is 1. The van der Waals surface area contributed by atoms with Crippen LogP contribution in [0.15, 0.2) is 48.7 Å². The minimum Gasteiger partial charge on any atom is -0.504 e. The fourth-order valence-corrected chi connectivity index (χ4v) is 2.83. The number of benzene rings is 2. The third kappa shape index (κ3) is 4.27. The van der Waals surface area contributed by atoms with Crippen molar-refractivity contribution in [2.24, 2.45) is 0 Å². The maximum absolute atomic E-state index is 12.2. The first-order valence-corrected chi connectivity index (χ1v) is 8.88. The summed E-state index contributed by atoms with van der Waals surface area (Å²) in [7, 11) is 0. The van der Waals surface area contributed by atoms with Crippen molar-refractivity contribution in [2.75, 3.05) is 11.9 Å². The normalized spacial score (nSPS) is 10.5. The number of ether oxygens (including phenoxy) is 1. The fourth-order valence-electron chi connectivity index (χ4n) is 2.37. The number of esters is 1. The predicted molar refractivity (Wildman–Crippen MR) is 105 cm³/mol. The molecule has 0 fully saturated rings. The Kier molecular flexibility index (Phi) is 5.87. The Hall–Kier alpha value is -3.03. The number of hydrogen-bond acceptors (Lipinski definition) is 5. The number of aromatic hydroxyl groups is 1. The summed E-state index contributed by atoms with van der Waals surface area (Å²) in [6, 6.07) is 12.2. The summed E-state index contributed by atoms with van der Waals surface area (Å²) < 4.78 is 6.26. The number of carbonyl (C=O) groups is 2. The predicted octanol–water partition coefficient (Wildman–Crippen LogP) is 3.99. The topological polar surface area (TPSA) is 93.5 Å². The van der Waals surface area contributed by atoms with Crippen LogP contribution in [0.2, 0.25) is 10.0 Å². The molecule has 144 valence electrons. The van der Waals surface area contributed by atoms with Crippen LogP contribution in [-0.4, -0.2) is 33.4 Å². The van der Waals surface area contributed by atoms with Crippen LogP contribution in [0.4, 0.5) is 5.69 Å². The lowest BCUT2D eigenvalue weighted by Crippen LogP contribution is -2.21. The summed E-state index contributed by atoms with van der Waals surface area (Å²) >= 11 is 12.2. The van der Waals surface area contributed by atoms with E-state index in [1.807, 2.05) is 6.07 Å². The molecule has 2 N–H and O–H groups in total. The molecule has 1 amide bonds. The summed E-state index contributed by atoms with van der Waals surface area (Å²) in [6.45, 7) is 1.16. The van der Waals surface area contributed by atoms with Gasteiger partial charge in [0.1, 0.15) is 0 Å². The highest BCUT2D eigenvalue weighted by Gasteiger charge is 2.20. The van der Waals surface area contributed by atoms with Gasteiger partial charge in [-0.2, -0.15) is 5.10 Å². The van der Waals surface area contributed by atoms with Gasteiger partial charge < -0.3 is 15.2 Å². The zero-order chi connectivity index (χ0) is 20.3. The van der Waals surface area contributed by atoms with Crippen molar-refractivity contribution in [1.29, 1.82) is 0 Å². The van der Waals surface area contributed by atoms with Gasteiger partial charge in [0.05, 0.1) is 27.6 Å². The Balaban J connectivity index is 1.66. The maximum Gasteiger partial charge on any atom is 0.363 e. The van der Waals surface area contributed by atoms with Crippen LogP contribution < -0.4 is 5.32 Å². The molecule has 2 aromatic carbocycles. The van der Waals surface area contributed by atoms with Crippen LogP contribution in [0, 0.1) is 6.92 Å². The molecule has 0 radical (unpaired) electrons. The Bertz CT molecular complexity index is 1040. The number of nitrogens with one attached hydrogen (secondary N) is 1. The van der Waals surface area contributed by atoms with Crippen LogP contribution in [-0.2, 0) is 9.53 Å². The summed E-state index contributed by atoms with van der Waals surface area (Å²) in [4.78, 5) is 24.2. The number of carbonyl (C=O) groups excluding carboxylic acids is 2. The van der Waals surface area contributed by atoms with E-state index < -0.39 is 18.5 Å². The van der Waals surface area contributed by atoms with Crippen molar-refractivity contribution < 1.29 is 19.4 Å². The zero-order valence-electron chi connectivity index (χ0n) is 14.6. The highest BCUT2D eigenvalue weighted by atomic mass is 35.5. The number of nitrogens with zero attached hydrogens (tertiary/aromatic N) is 2. The number of aromatic nitrogens is 2. The van der Waals surface area contributed by atoms with E-state index in [1.54, 1.807) is 43.3 Å². The molecular formula is C19H15Cl2N3O4. The number of halogens is 2. The van der Waals surface area contributed by atoms with E-state index in [0.717, 1.165) is 5.56 Å². The second kappa shape index (κ2) is 8.33. The SMILES string of the molecule is Cc1ccc(Cl)c(NC(=O)COC(=O)c2nn(-c3ccccc3)cc2O)c1Cl.